The molecule has 2 N–H and O–H groups in total. The summed E-state index contributed by atoms with van der Waals surface area (Å²) >= 11 is 6.50. The number of H-pyrrole nitrogens is 2. The minimum absolute atomic E-state index is 0.0935. The van der Waals surface area contributed by atoms with Gasteiger partial charge in [0.1, 0.15) is 5.82 Å². The Morgan fingerprint density at radius 1 is 1.20 bits per heavy atom. The Morgan fingerprint density at radius 3 is 2.80 bits per heavy atom. The lowest BCUT2D eigenvalue weighted by molar-refractivity contribution is 0.0628. The lowest BCUT2D eigenvalue weighted by Gasteiger charge is -2.34. The second-order valence-electron chi connectivity index (χ2n) is 7.16. The first-order chi connectivity index (χ1) is 14.5. The van der Waals surface area contributed by atoms with Crippen LogP contribution in [0.3, 0.4) is 0 Å². The van der Waals surface area contributed by atoms with Crippen molar-refractivity contribution < 1.29 is 9.18 Å². The highest BCUT2D eigenvalue weighted by molar-refractivity contribution is 7.71. The first kappa shape index (κ1) is 19.1. The molecule has 154 valence electrons. The summed E-state index contributed by atoms with van der Waals surface area (Å²) in [4.78, 5) is 40.0. The maximum Gasteiger partial charge on any atom is 0.258 e. The van der Waals surface area contributed by atoms with Crippen molar-refractivity contribution in [3.05, 3.63) is 62.0 Å². The van der Waals surface area contributed by atoms with Crippen molar-refractivity contribution in [1.29, 1.82) is 0 Å². The van der Waals surface area contributed by atoms with Gasteiger partial charge in [-0.15, -0.1) is 11.3 Å². The number of nitrogens with one attached hydrogen (secondary N) is 2. The van der Waals surface area contributed by atoms with Crippen LogP contribution in [-0.4, -0.2) is 61.2 Å². The SMILES string of the molecule is O=C(c1cc(F)cc2[nH]c(=S)[nH]c12)N1CCN(Cc2cc(=O)n3ccsc3n2)CC1. The van der Waals surface area contributed by atoms with Gasteiger partial charge in [0.15, 0.2) is 9.73 Å². The molecule has 1 saturated heterocycles. The van der Waals surface area contributed by atoms with Gasteiger partial charge in [0.05, 0.1) is 22.3 Å². The molecule has 4 aromatic rings. The number of aromatic amines is 2. The molecule has 1 aromatic carbocycles. The Kier molecular flexibility index (Phi) is 4.72. The third-order valence-corrected chi connectivity index (χ3v) is 6.18. The summed E-state index contributed by atoms with van der Waals surface area (Å²) in [6.07, 6.45) is 1.71. The van der Waals surface area contributed by atoms with Crippen molar-refractivity contribution in [3.8, 4) is 0 Å². The Morgan fingerprint density at radius 2 is 2.00 bits per heavy atom. The molecular formula is C19H17FN6O2S2. The van der Waals surface area contributed by atoms with E-state index in [1.54, 1.807) is 17.2 Å². The van der Waals surface area contributed by atoms with Gasteiger partial charge in [-0.05, 0) is 24.4 Å². The minimum Gasteiger partial charge on any atom is -0.336 e. The smallest absolute Gasteiger partial charge is 0.258 e. The fourth-order valence-corrected chi connectivity index (χ4v) is 4.70. The summed E-state index contributed by atoms with van der Waals surface area (Å²) in [6.45, 7) is 2.82. The molecule has 0 aliphatic carbocycles. The monoisotopic (exact) mass is 444 g/mol. The maximum absolute atomic E-state index is 14.0. The van der Waals surface area contributed by atoms with Gasteiger partial charge in [-0.3, -0.25) is 18.9 Å². The van der Waals surface area contributed by atoms with E-state index in [4.69, 9.17) is 12.2 Å². The molecule has 1 amide bonds. The van der Waals surface area contributed by atoms with Gasteiger partial charge in [0.25, 0.3) is 11.5 Å². The van der Waals surface area contributed by atoms with E-state index < -0.39 is 5.82 Å². The number of amides is 1. The van der Waals surface area contributed by atoms with Crippen LogP contribution in [0.25, 0.3) is 16.0 Å². The van der Waals surface area contributed by atoms with Gasteiger partial charge in [0.2, 0.25) is 0 Å². The lowest BCUT2D eigenvalue weighted by atomic mass is 10.1. The number of benzene rings is 1. The molecule has 0 radical (unpaired) electrons. The number of rotatable bonds is 3. The first-order valence-electron chi connectivity index (χ1n) is 9.37. The van der Waals surface area contributed by atoms with Crippen molar-refractivity contribution in [3.63, 3.8) is 0 Å². The minimum atomic E-state index is -0.490. The average molecular weight is 445 g/mol. The number of piperazine rings is 1. The highest BCUT2D eigenvalue weighted by Gasteiger charge is 2.25. The van der Waals surface area contributed by atoms with Crippen LogP contribution in [0.1, 0.15) is 16.1 Å². The molecule has 0 bridgehead atoms. The fraction of sp³-hybridized carbons (Fsp3) is 0.263. The molecule has 30 heavy (non-hydrogen) atoms. The number of halogens is 1. The molecule has 0 unspecified atom stereocenters. The van der Waals surface area contributed by atoms with E-state index in [0.29, 0.717) is 59.2 Å². The zero-order valence-corrected chi connectivity index (χ0v) is 17.4. The van der Waals surface area contributed by atoms with Crippen molar-refractivity contribution in [2.45, 2.75) is 6.54 Å². The van der Waals surface area contributed by atoms with Crippen LogP contribution < -0.4 is 5.56 Å². The van der Waals surface area contributed by atoms with Crippen LogP contribution in [0.4, 0.5) is 4.39 Å². The third-order valence-electron chi connectivity index (χ3n) is 5.22. The van der Waals surface area contributed by atoms with E-state index in [1.165, 1.54) is 27.9 Å². The molecular weight excluding hydrogens is 427 g/mol. The van der Waals surface area contributed by atoms with E-state index in [0.717, 1.165) is 0 Å². The summed E-state index contributed by atoms with van der Waals surface area (Å²) in [5.74, 6) is -0.725. The molecule has 11 heteroatoms. The highest BCUT2D eigenvalue weighted by Crippen LogP contribution is 2.20. The molecule has 0 saturated carbocycles. The van der Waals surface area contributed by atoms with E-state index in [2.05, 4.69) is 19.9 Å². The third kappa shape index (κ3) is 3.44. The molecule has 3 aromatic heterocycles. The normalized spacial score (nSPS) is 15.3. The lowest BCUT2D eigenvalue weighted by Crippen LogP contribution is -2.48. The number of hydrogen-bond donors (Lipinski definition) is 2. The number of fused-ring (bicyclic) bond motifs is 2. The Labute approximate surface area is 178 Å². The van der Waals surface area contributed by atoms with E-state index in [-0.39, 0.29) is 17.0 Å². The molecule has 1 fully saturated rings. The standard InChI is InChI=1S/C19H17FN6O2S2/c20-11-7-13(16-14(8-11)22-18(29)23-16)17(28)25-3-1-24(2-4-25)10-12-9-15(27)26-5-6-30-19(26)21-12/h5-9H,1-4,10H2,(H2,22,23,29). The molecule has 4 heterocycles. The van der Waals surface area contributed by atoms with E-state index in [1.807, 2.05) is 5.38 Å². The Bertz CT molecular complexity index is 1380. The molecule has 1 aliphatic rings. The number of imidazole rings is 1. The zero-order valence-electron chi connectivity index (χ0n) is 15.7. The second kappa shape index (κ2) is 7.42. The van der Waals surface area contributed by atoms with Crippen LogP contribution in [0.5, 0.6) is 0 Å². The van der Waals surface area contributed by atoms with Gasteiger partial charge in [-0.25, -0.2) is 9.37 Å². The van der Waals surface area contributed by atoms with Gasteiger partial charge in [-0.2, -0.15) is 0 Å². The van der Waals surface area contributed by atoms with E-state index in [9.17, 15) is 14.0 Å². The maximum atomic E-state index is 14.0. The van der Waals surface area contributed by atoms with Crippen LogP contribution in [0.2, 0.25) is 0 Å². The summed E-state index contributed by atoms with van der Waals surface area (Å²) in [5.41, 5.74) is 1.88. The second-order valence-corrected chi connectivity index (χ2v) is 8.45. The fourth-order valence-electron chi connectivity index (χ4n) is 3.75. The summed E-state index contributed by atoms with van der Waals surface area (Å²) in [7, 11) is 0. The number of hydrogen-bond acceptors (Lipinski definition) is 6. The predicted octanol–water partition coefficient (Wildman–Crippen LogP) is 2.39. The number of carbonyl (C=O) groups excluding carboxylic acids is 1. The van der Waals surface area contributed by atoms with Gasteiger partial charge < -0.3 is 14.9 Å². The number of carbonyl (C=O) groups is 1. The van der Waals surface area contributed by atoms with Crippen molar-refractivity contribution in [2.75, 3.05) is 26.2 Å². The Balaban J connectivity index is 1.30. The van der Waals surface area contributed by atoms with Crippen molar-refractivity contribution in [2.24, 2.45) is 0 Å². The van der Waals surface area contributed by atoms with Crippen molar-refractivity contribution >= 4 is 45.5 Å². The van der Waals surface area contributed by atoms with Crippen LogP contribution in [-0.2, 0) is 6.54 Å². The van der Waals surface area contributed by atoms with Gasteiger partial charge in [-0.1, -0.05) is 0 Å². The molecule has 8 nitrogen and oxygen atoms in total. The van der Waals surface area contributed by atoms with Gasteiger partial charge >= 0.3 is 0 Å². The topological polar surface area (TPSA) is 89.5 Å². The summed E-state index contributed by atoms with van der Waals surface area (Å²) in [5, 5.41) is 1.83. The van der Waals surface area contributed by atoms with E-state index >= 15 is 0 Å². The highest BCUT2D eigenvalue weighted by atomic mass is 32.1. The largest absolute Gasteiger partial charge is 0.336 e. The number of thiazole rings is 1. The summed E-state index contributed by atoms with van der Waals surface area (Å²) < 4.78 is 15.9. The van der Waals surface area contributed by atoms with Crippen LogP contribution in [0, 0.1) is 10.6 Å². The van der Waals surface area contributed by atoms with Gasteiger partial charge in [0, 0.05) is 50.4 Å². The quantitative estimate of drug-likeness (QED) is 0.474. The summed E-state index contributed by atoms with van der Waals surface area (Å²) in [6, 6.07) is 4.11. The number of nitrogens with zero attached hydrogens (tertiary/aromatic N) is 4. The predicted molar refractivity (Wildman–Crippen MR) is 114 cm³/mol. The molecule has 0 spiro atoms. The van der Waals surface area contributed by atoms with Crippen LogP contribution >= 0.6 is 23.6 Å². The zero-order chi connectivity index (χ0) is 20.8. The molecule has 1 aliphatic heterocycles. The first-order valence-corrected chi connectivity index (χ1v) is 10.7. The van der Waals surface area contributed by atoms with Crippen molar-refractivity contribution in [1.82, 2.24) is 29.2 Å². The molecule has 5 rings (SSSR count). The number of aromatic nitrogens is 4. The van der Waals surface area contributed by atoms with Crippen LogP contribution in [0.15, 0.2) is 34.6 Å². The molecule has 0 atom stereocenters. The average Bonchev–Trinajstić information content (AvgIpc) is 3.33. The Hall–Kier alpha value is -2.89.